The molecule has 1 amide bonds. The van der Waals surface area contributed by atoms with Crippen LogP contribution in [0.15, 0.2) is 24.3 Å². The zero-order valence-electron chi connectivity index (χ0n) is 11.4. The third-order valence-electron chi connectivity index (χ3n) is 2.89. The molecule has 0 unspecified atom stereocenters. The average molecular weight is 268 g/mol. The number of rotatable bonds is 6. The number of carbonyl (C=O) groups excluding carboxylic acids is 1. The molecule has 0 atom stereocenters. The van der Waals surface area contributed by atoms with Crippen molar-refractivity contribution in [2.75, 3.05) is 12.4 Å². The van der Waals surface area contributed by atoms with Crippen LogP contribution in [0.5, 0.6) is 0 Å². The zero-order valence-corrected chi connectivity index (χ0v) is 12.2. The maximum atomic E-state index is 11.7. The molecule has 3 heteroatoms. The summed E-state index contributed by atoms with van der Waals surface area (Å²) >= 11 is 5.81. The Bertz CT molecular complexity index is 384. The van der Waals surface area contributed by atoms with Crippen LogP contribution < -0.4 is 5.32 Å². The minimum Gasteiger partial charge on any atom is -0.356 e. The predicted octanol–water partition coefficient (Wildman–Crippen LogP) is 3.31. The van der Waals surface area contributed by atoms with Crippen LogP contribution in [0.3, 0.4) is 0 Å². The van der Waals surface area contributed by atoms with Crippen molar-refractivity contribution < 1.29 is 4.79 Å². The largest absolute Gasteiger partial charge is 0.356 e. The highest BCUT2D eigenvalue weighted by Gasteiger charge is 2.17. The van der Waals surface area contributed by atoms with Crippen LogP contribution in [0.2, 0.25) is 0 Å². The van der Waals surface area contributed by atoms with Crippen LogP contribution >= 0.6 is 11.6 Å². The van der Waals surface area contributed by atoms with Crippen molar-refractivity contribution in [1.29, 1.82) is 0 Å². The normalized spacial score (nSPS) is 11.3. The molecule has 0 heterocycles. The highest BCUT2D eigenvalue weighted by molar-refractivity contribution is 6.18. The van der Waals surface area contributed by atoms with E-state index >= 15 is 0 Å². The second kappa shape index (κ2) is 6.79. The Kier molecular flexibility index (Phi) is 5.67. The quantitative estimate of drug-likeness (QED) is 0.788. The minimum atomic E-state index is -0.0406. The summed E-state index contributed by atoms with van der Waals surface area (Å²) in [6.45, 7) is 6.77. The highest BCUT2D eigenvalue weighted by atomic mass is 35.5. The smallest absolute Gasteiger partial charge is 0.220 e. The van der Waals surface area contributed by atoms with Gasteiger partial charge in [0.15, 0.2) is 0 Å². The summed E-state index contributed by atoms with van der Waals surface area (Å²) in [5.74, 6) is 0.638. The minimum absolute atomic E-state index is 0.0406. The van der Waals surface area contributed by atoms with Gasteiger partial charge in [0.05, 0.1) is 0 Å². The molecule has 0 aliphatic carbocycles. The van der Waals surface area contributed by atoms with Crippen LogP contribution in [0.1, 0.15) is 31.4 Å². The third-order valence-corrected chi connectivity index (χ3v) is 3.61. The van der Waals surface area contributed by atoms with Crippen molar-refractivity contribution >= 4 is 17.5 Å². The summed E-state index contributed by atoms with van der Waals surface area (Å²) < 4.78 is 0. The van der Waals surface area contributed by atoms with Crippen molar-refractivity contribution in [1.82, 2.24) is 5.32 Å². The number of carbonyl (C=O) groups is 1. The van der Waals surface area contributed by atoms with Gasteiger partial charge in [-0.15, -0.1) is 11.6 Å². The topological polar surface area (TPSA) is 29.1 Å². The monoisotopic (exact) mass is 267 g/mol. The summed E-state index contributed by atoms with van der Waals surface area (Å²) in [5, 5.41) is 2.93. The third kappa shape index (κ3) is 5.54. The van der Waals surface area contributed by atoms with E-state index in [1.165, 1.54) is 11.1 Å². The van der Waals surface area contributed by atoms with Gasteiger partial charge in [0, 0.05) is 18.8 Å². The maximum absolute atomic E-state index is 11.7. The number of nitrogens with one attached hydrogen (secondary N) is 1. The fraction of sp³-hybridized carbons (Fsp3) is 0.533. The standard InChI is InChI=1S/C15H22ClNO/c1-12-4-6-13(7-5-12)8-9-14(18)17-11-15(2,3)10-16/h4-7H,8-11H2,1-3H3,(H,17,18). The van der Waals surface area contributed by atoms with E-state index in [2.05, 4.69) is 36.5 Å². The fourth-order valence-corrected chi connectivity index (χ4v) is 1.58. The molecule has 18 heavy (non-hydrogen) atoms. The van der Waals surface area contributed by atoms with E-state index < -0.39 is 0 Å². The average Bonchev–Trinajstić information content (AvgIpc) is 2.36. The summed E-state index contributed by atoms with van der Waals surface area (Å²) in [6.07, 6.45) is 1.31. The number of hydrogen-bond donors (Lipinski definition) is 1. The Morgan fingerprint density at radius 2 is 1.89 bits per heavy atom. The second-order valence-electron chi connectivity index (χ2n) is 5.56. The van der Waals surface area contributed by atoms with Crippen molar-refractivity contribution in [2.24, 2.45) is 5.41 Å². The van der Waals surface area contributed by atoms with Gasteiger partial charge in [-0.05, 0) is 24.3 Å². The molecule has 0 bridgehead atoms. The lowest BCUT2D eigenvalue weighted by molar-refractivity contribution is -0.121. The lowest BCUT2D eigenvalue weighted by Gasteiger charge is -2.21. The van der Waals surface area contributed by atoms with Gasteiger partial charge in [0.2, 0.25) is 5.91 Å². The van der Waals surface area contributed by atoms with Gasteiger partial charge < -0.3 is 5.32 Å². The van der Waals surface area contributed by atoms with Crippen molar-refractivity contribution in [3.05, 3.63) is 35.4 Å². The number of halogens is 1. The van der Waals surface area contributed by atoms with Crippen LogP contribution in [0.25, 0.3) is 0 Å². The Balaban J connectivity index is 2.31. The molecule has 0 aliphatic rings. The van der Waals surface area contributed by atoms with Gasteiger partial charge in [0.1, 0.15) is 0 Å². The summed E-state index contributed by atoms with van der Waals surface area (Å²) in [5.41, 5.74) is 2.40. The molecule has 0 aliphatic heterocycles. The Morgan fingerprint density at radius 3 is 2.44 bits per heavy atom. The molecule has 1 aromatic carbocycles. The van der Waals surface area contributed by atoms with Crippen molar-refractivity contribution in [3.8, 4) is 0 Å². The lowest BCUT2D eigenvalue weighted by Crippen LogP contribution is -2.35. The molecule has 0 aromatic heterocycles. The molecular weight excluding hydrogens is 246 g/mol. The van der Waals surface area contributed by atoms with Crippen LogP contribution in [-0.4, -0.2) is 18.3 Å². The second-order valence-corrected chi connectivity index (χ2v) is 5.83. The van der Waals surface area contributed by atoms with Gasteiger partial charge in [-0.3, -0.25) is 4.79 Å². The van der Waals surface area contributed by atoms with E-state index in [0.717, 1.165) is 6.42 Å². The van der Waals surface area contributed by atoms with E-state index in [0.29, 0.717) is 18.8 Å². The molecule has 0 saturated carbocycles. The predicted molar refractivity (Wildman–Crippen MR) is 77.0 cm³/mol. The molecule has 100 valence electrons. The lowest BCUT2D eigenvalue weighted by atomic mass is 9.96. The molecule has 1 rings (SSSR count). The molecule has 1 aromatic rings. The van der Waals surface area contributed by atoms with E-state index in [-0.39, 0.29) is 11.3 Å². The first-order chi connectivity index (χ1) is 8.43. The fourth-order valence-electron chi connectivity index (χ4n) is 1.49. The van der Waals surface area contributed by atoms with Crippen LogP contribution in [0, 0.1) is 12.3 Å². The molecule has 0 saturated heterocycles. The van der Waals surface area contributed by atoms with Crippen molar-refractivity contribution in [3.63, 3.8) is 0 Å². The molecule has 0 fully saturated rings. The SMILES string of the molecule is Cc1ccc(CCC(=O)NCC(C)(C)CCl)cc1. The van der Waals surface area contributed by atoms with Gasteiger partial charge >= 0.3 is 0 Å². The van der Waals surface area contributed by atoms with E-state index in [9.17, 15) is 4.79 Å². The van der Waals surface area contributed by atoms with Crippen molar-refractivity contribution in [2.45, 2.75) is 33.6 Å². The summed E-state index contributed by atoms with van der Waals surface area (Å²) in [6, 6.07) is 8.30. The van der Waals surface area contributed by atoms with Crippen LogP contribution in [0.4, 0.5) is 0 Å². The Morgan fingerprint density at radius 1 is 1.28 bits per heavy atom. The molecule has 0 radical (unpaired) electrons. The van der Waals surface area contributed by atoms with Gasteiger partial charge in [-0.1, -0.05) is 43.7 Å². The molecule has 0 spiro atoms. The molecule has 2 nitrogen and oxygen atoms in total. The zero-order chi connectivity index (χ0) is 13.6. The summed E-state index contributed by atoms with van der Waals surface area (Å²) in [7, 11) is 0. The van der Waals surface area contributed by atoms with Gasteiger partial charge in [-0.2, -0.15) is 0 Å². The number of aryl methyl sites for hydroxylation is 2. The van der Waals surface area contributed by atoms with E-state index in [1.54, 1.807) is 0 Å². The maximum Gasteiger partial charge on any atom is 0.220 e. The van der Waals surface area contributed by atoms with E-state index in [1.807, 2.05) is 13.8 Å². The highest BCUT2D eigenvalue weighted by Crippen LogP contribution is 2.15. The van der Waals surface area contributed by atoms with E-state index in [4.69, 9.17) is 11.6 Å². The number of amides is 1. The summed E-state index contributed by atoms with van der Waals surface area (Å²) in [4.78, 5) is 11.7. The number of benzene rings is 1. The first-order valence-corrected chi connectivity index (χ1v) is 6.85. The van der Waals surface area contributed by atoms with Crippen LogP contribution in [-0.2, 0) is 11.2 Å². The number of alkyl halides is 1. The number of hydrogen-bond acceptors (Lipinski definition) is 1. The molecule has 1 N–H and O–H groups in total. The Labute approximate surface area is 115 Å². The Hall–Kier alpha value is -1.02. The first-order valence-electron chi connectivity index (χ1n) is 6.31. The first kappa shape index (κ1) is 15.0. The van der Waals surface area contributed by atoms with Gasteiger partial charge in [0.25, 0.3) is 0 Å². The molecular formula is C15H22ClNO. The van der Waals surface area contributed by atoms with Gasteiger partial charge in [-0.25, -0.2) is 0 Å².